The van der Waals surface area contributed by atoms with Gasteiger partial charge in [0, 0.05) is 40.2 Å². The first-order valence-corrected chi connectivity index (χ1v) is 12.1. The van der Waals surface area contributed by atoms with E-state index >= 15 is 0 Å². The largest absolute Gasteiger partial charge is 0.506 e. The summed E-state index contributed by atoms with van der Waals surface area (Å²) in [5.74, 6) is 0.337. The van der Waals surface area contributed by atoms with E-state index in [1.807, 2.05) is 25.3 Å². The van der Waals surface area contributed by atoms with Crippen molar-refractivity contribution in [3.8, 4) is 5.75 Å². The molecule has 2 aliphatic rings. The first-order valence-electron chi connectivity index (χ1n) is 11.3. The smallest absolute Gasteiger partial charge is 0.139 e. The van der Waals surface area contributed by atoms with E-state index in [4.69, 9.17) is 5.11 Å². The van der Waals surface area contributed by atoms with E-state index in [0.717, 1.165) is 29.3 Å². The Morgan fingerprint density at radius 2 is 1.81 bits per heavy atom. The molecule has 2 N–H and O–H groups in total. The summed E-state index contributed by atoms with van der Waals surface area (Å²) in [4.78, 5) is 6.92. The number of hydrogen-bond donors (Lipinski definition) is 2. The van der Waals surface area contributed by atoms with Crippen LogP contribution in [0.5, 0.6) is 5.75 Å². The van der Waals surface area contributed by atoms with Crippen molar-refractivity contribution in [1.82, 2.24) is 15.2 Å². The number of halogens is 1. The molecule has 0 amide bonds. The van der Waals surface area contributed by atoms with Gasteiger partial charge in [-0.3, -0.25) is 9.88 Å². The number of aromatic hydroxyl groups is 1. The maximum Gasteiger partial charge on any atom is 0.139 e. The predicted molar refractivity (Wildman–Crippen MR) is 134 cm³/mol. The number of hydrogen-bond acceptors (Lipinski definition) is 6. The molecule has 2 atom stereocenters. The Hall–Kier alpha value is -1.83. The van der Waals surface area contributed by atoms with Gasteiger partial charge < -0.3 is 10.4 Å². The first kappa shape index (κ1) is 23.3. The summed E-state index contributed by atoms with van der Waals surface area (Å²) in [6.45, 7) is 13.3. The van der Waals surface area contributed by atoms with Crippen molar-refractivity contribution >= 4 is 32.5 Å². The van der Waals surface area contributed by atoms with E-state index in [9.17, 15) is 5.11 Å². The molecule has 0 spiro atoms. The maximum atomic E-state index is 10.9. The van der Waals surface area contributed by atoms with Gasteiger partial charge in [-0.25, -0.2) is 0 Å². The molecule has 172 valence electrons. The van der Waals surface area contributed by atoms with Crippen LogP contribution in [0.3, 0.4) is 0 Å². The summed E-state index contributed by atoms with van der Waals surface area (Å²) in [6, 6.07) is 4.33. The van der Waals surface area contributed by atoms with Gasteiger partial charge in [-0.1, -0.05) is 6.92 Å². The summed E-state index contributed by atoms with van der Waals surface area (Å²) in [6.07, 6.45) is 6.05. The van der Waals surface area contributed by atoms with Crippen molar-refractivity contribution in [1.29, 1.82) is 0 Å². The second-order valence-corrected chi connectivity index (χ2v) is 11.6. The maximum absolute atomic E-state index is 10.9. The molecule has 3 heterocycles. The minimum absolute atomic E-state index is 0.0275. The third-order valence-corrected chi connectivity index (χ3v) is 7.45. The molecule has 7 heteroatoms. The first-order chi connectivity index (χ1) is 14.9. The van der Waals surface area contributed by atoms with Crippen molar-refractivity contribution in [2.75, 3.05) is 7.05 Å². The molecule has 1 aromatic carbocycles. The Morgan fingerprint density at radius 1 is 1.16 bits per heavy atom. The van der Waals surface area contributed by atoms with Crippen LogP contribution in [0, 0.1) is 12.8 Å². The van der Waals surface area contributed by atoms with Crippen LogP contribution in [0.15, 0.2) is 39.1 Å². The molecule has 4 rings (SSSR count). The quantitative estimate of drug-likeness (QED) is 0.541. The minimum Gasteiger partial charge on any atom is -0.506 e. The Kier molecular flexibility index (Phi) is 5.97. The molecular formula is C25H34BrN5O. The molecular weight excluding hydrogens is 466 g/mol. The van der Waals surface area contributed by atoms with Gasteiger partial charge in [0.15, 0.2) is 0 Å². The highest BCUT2D eigenvalue weighted by atomic mass is 79.9. The second kappa shape index (κ2) is 8.19. The molecule has 32 heavy (non-hydrogen) atoms. The molecule has 1 fully saturated rings. The molecule has 0 aliphatic carbocycles. The number of nitrogens with zero attached hydrogens (tertiary/aromatic N) is 4. The van der Waals surface area contributed by atoms with E-state index in [2.05, 4.69) is 84.0 Å². The van der Waals surface area contributed by atoms with Crippen LogP contribution in [0.1, 0.15) is 58.6 Å². The molecule has 1 aromatic heterocycles. The average molecular weight is 500 g/mol. The molecule has 6 nitrogen and oxygen atoms in total. The van der Waals surface area contributed by atoms with Crippen LogP contribution >= 0.6 is 15.9 Å². The lowest BCUT2D eigenvalue weighted by atomic mass is 9.78. The van der Waals surface area contributed by atoms with E-state index < -0.39 is 0 Å². The Morgan fingerprint density at radius 3 is 2.44 bits per heavy atom. The van der Waals surface area contributed by atoms with Crippen LogP contribution in [-0.2, 0) is 0 Å². The summed E-state index contributed by atoms with van der Waals surface area (Å²) < 4.78 is 0.642. The van der Waals surface area contributed by atoms with Crippen molar-refractivity contribution in [3.05, 3.63) is 40.0 Å². The van der Waals surface area contributed by atoms with E-state index in [1.54, 1.807) is 0 Å². The van der Waals surface area contributed by atoms with Crippen LogP contribution in [0.4, 0.5) is 0 Å². The number of phenols is 1. The lowest BCUT2D eigenvalue weighted by molar-refractivity contribution is 0.0468. The summed E-state index contributed by atoms with van der Waals surface area (Å²) in [5, 5.41) is 24.8. The zero-order valence-corrected chi connectivity index (χ0v) is 21.7. The second-order valence-electron chi connectivity index (χ2n) is 10.8. The molecule has 1 saturated heterocycles. The normalized spacial score (nSPS) is 25.3. The fourth-order valence-electron chi connectivity index (χ4n) is 5.48. The highest BCUT2D eigenvalue weighted by Crippen LogP contribution is 2.41. The molecule has 2 aromatic rings. The van der Waals surface area contributed by atoms with Gasteiger partial charge in [0.2, 0.25) is 0 Å². The van der Waals surface area contributed by atoms with Gasteiger partial charge >= 0.3 is 0 Å². The number of azo groups is 1. The highest BCUT2D eigenvalue weighted by molar-refractivity contribution is 9.10. The lowest BCUT2D eigenvalue weighted by Gasteiger charge is -2.50. The van der Waals surface area contributed by atoms with Crippen molar-refractivity contribution in [2.24, 2.45) is 16.1 Å². The van der Waals surface area contributed by atoms with Gasteiger partial charge in [0.25, 0.3) is 0 Å². The predicted octanol–water partition coefficient (Wildman–Crippen LogP) is 6.02. The van der Waals surface area contributed by atoms with Crippen molar-refractivity contribution in [2.45, 2.75) is 77.7 Å². The van der Waals surface area contributed by atoms with Crippen molar-refractivity contribution < 1.29 is 5.11 Å². The van der Waals surface area contributed by atoms with E-state index in [0.29, 0.717) is 21.8 Å². The number of benzene rings is 1. The standard InChI is InChI=1S/C25H34BrN5O/c1-14-8-17-19(27-13-14)10-18(22(32)21(17)26)20-9-15(2)23(29-28-20)31(7)16-11-24(3,4)30-25(5,6)12-16/h8-10,13,15-16,23,30,32H,11-12H2,1-7H3. The fraction of sp³-hybridized carbons (Fsp3) is 0.560. The Labute approximate surface area is 199 Å². The van der Waals surface area contributed by atoms with Gasteiger partial charge in [0.1, 0.15) is 11.9 Å². The van der Waals surface area contributed by atoms with Gasteiger partial charge in [0.05, 0.1) is 15.7 Å². The topological polar surface area (TPSA) is 73.1 Å². The fourth-order valence-corrected chi connectivity index (χ4v) is 6.01. The molecule has 2 unspecified atom stereocenters. The summed E-state index contributed by atoms with van der Waals surface area (Å²) in [7, 11) is 2.16. The van der Waals surface area contributed by atoms with Gasteiger partial charge in [-0.15, -0.1) is 0 Å². The molecule has 0 bridgehead atoms. The molecule has 0 saturated carbocycles. The van der Waals surface area contributed by atoms with E-state index in [-0.39, 0.29) is 28.9 Å². The van der Waals surface area contributed by atoms with Crippen LogP contribution in [0.2, 0.25) is 0 Å². The number of piperidine rings is 1. The third-order valence-electron chi connectivity index (χ3n) is 6.65. The number of nitrogens with one attached hydrogen (secondary N) is 1. The zero-order valence-electron chi connectivity index (χ0n) is 20.1. The zero-order chi connectivity index (χ0) is 23.4. The van der Waals surface area contributed by atoms with Crippen LogP contribution in [0.25, 0.3) is 16.6 Å². The molecule has 0 radical (unpaired) electrons. The Balaban J connectivity index is 1.61. The molecule has 2 aliphatic heterocycles. The summed E-state index contributed by atoms with van der Waals surface area (Å²) >= 11 is 3.55. The van der Waals surface area contributed by atoms with Gasteiger partial charge in [-0.2, -0.15) is 10.2 Å². The van der Waals surface area contributed by atoms with Crippen molar-refractivity contribution in [3.63, 3.8) is 0 Å². The SMILES string of the molecule is Cc1cnc2cc(C3=CC(C)C(N(C)C4CC(C)(C)NC(C)(C)C4)N=N3)c(O)c(Br)c2c1. The number of rotatable bonds is 3. The monoisotopic (exact) mass is 499 g/mol. The lowest BCUT2D eigenvalue weighted by Crippen LogP contribution is -2.62. The Bertz CT molecular complexity index is 1090. The average Bonchev–Trinajstić information content (AvgIpc) is 2.68. The number of aromatic nitrogens is 1. The number of aryl methyl sites for hydroxylation is 1. The number of fused-ring (bicyclic) bond motifs is 1. The summed E-state index contributed by atoms with van der Waals surface area (Å²) in [5.41, 5.74) is 3.36. The highest BCUT2D eigenvalue weighted by Gasteiger charge is 2.41. The van der Waals surface area contributed by atoms with Crippen LogP contribution in [-0.4, -0.2) is 45.3 Å². The van der Waals surface area contributed by atoms with E-state index in [1.165, 1.54) is 0 Å². The number of pyridine rings is 1. The minimum atomic E-state index is -0.0275. The number of phenolic OH excluding ortho intramolecular Hbond substituents is 1. The van der Waals surface area contributed by atoms with Crippen LogP contribution < -0.4 is 5.32 Å². The van der Waals surface area contributed by atoms with Gasteiger partial charge in [-0.05, 0) is 94.2 Å². The third kappa shape index (κ3) is 4.47.